The maximum atomic E-state index is 13.0. The summed E-state index contributed by atoms with van der Waals surface area (Å²) in [6, 6.07) is 10.3. The molecular formula is C20H25N3O2S. The largest absolute Gasteiger partial charge is 0.468 e. The molecular weight excluding hydrogens is 346 g/mol. The number of nitrogens with zero attached hydrogens (tertiary/aromatic N) is 3. The van der Waals surface area contributed by atoms with Gasteiger partial charge in [-0.25, -0.2) is 0 Å². The fourth-order valence-corrected chi connectivity index (χ4v) is 4.35. The van der Waals surface area contributed by atoms with Gasteiger partial charge in [-0.15, -0.1) is 11.3 Å². The van der Waals surface area contributed by atoms with Crippen LogP contribution < -0.4 is 0 Å². The fourth-order valence-electron chi connectivity index (χ4n) is 3.61. The zero-order chi connectivity index (χ0) is 18.4. The van der Waals surface area contributed by atoms with Gasteiger partial charge in [0.2, 0.25) is 5.91 Å². The number of rotatable bonds is 7. The van der Waals surface area contributed by atoms with Crippen molar-refractivity contribution in [2.24, 2.45) is 0 Å². The molecule has 1 aliphatic carbocycles. The van der Waals surface area contributed by atoms with Gasteiger partial charge in [-0.05, 0) is 36.4 Å². The number of hydrogen-bond donors (Lipinski definition) is 0. The van der Waals surface area contributed by atoms with E-state index in [4.69, 9.17) is 4.42 Å². The summed E-state index contributed by atoms with van der Waals surface area (Å²) in [6.07, 6.45) is 6.37. The van der Waals surface area contributed by atoms with Crippen molar-refractivity contribution in [3.63, 3.8) is 0 Å². The van der Waals surface area contributed by atoms with Crippen molar-refractivity contribution >= 4 is 17.2 Å². The molecule has 0 N–H and O–H groups in total. The highest BCUT2D eigenvalue weighted by Crippen LogP contribution is 2.32. The van der Waals surface area contributed by atoms with E-state index in [0.717, 1.165) is 37.9 Å². The summed E-state index contributed by atoms with van der Waals surface area (Å²) < 4.78 is 5.47. The number of hydrogen-bond acceptors (Lipinski definition) is 5. The highest BCUT2D eigenvalue weighted by atomic mass is 32.1. The quantitative estimate of drug-likeness (QED) is 0.737. The average Bonchev–Trinajstić information content (AvgIpc) is 3.35. The van der Waals surface area contributed by atoms with Gasteiger partial charge < -0.3 is 9.32 Å². The molecule has 0 saturated heterocycles. The molecule has 138 valence electrons. The Bertz CT molecular complexity index is 691. The van der Waals surface area contributed by atoms with E-state index in [9.17, 15) is 10.1 Å². The predicted molar refractivity (Wildman–Crippen MR) is 101 cm³/mol. The Hall–Kier alpha value is -2.10. The second-order valence-electron chi connectivity index (χ2n) is 6.96. The minimum atomic E-state index is -0.644. The molecule has 6 heteroatoms. The molecule has 2 aromatic heterocycles. The maximum Gasteiger partial charge on any atom is 0.237 e. The first kappa shape index (κ1) is 18.7. The summed E-state index contributed by atoms with van der Waals surface area (Å²) >= 11 is 1.68. The van der Waals surface area contributed by atoms with E-state index < -0.39 is 5.54 Å². The Kier molecular flexibility index (Phi) is 6.12. The first-order valence-corrected chi connectivity index (χ1v) is 9.96. The molecule has 1 fully saturated rings. The van der Waals surface area contributed by atoms with Crippen molar-refractivity contribution in [2.45, 2.75) is 50.7 Å². The Labute approximate surface area is 158 Å². The highest BCUT2D eigenvalue weighted by Gasteiger charge is 2.39. The van der Waals surface area contributed by atoms with E-state index in [1.54, 1.807) is 29.5 Å². The van der Waals surface area contributed by atoms with Crippen LogP contribution in [0, 0.1) is 11.3 Å². The molecule has 0 aliphatic heterocycles. The summed E-state index contributed by atoms with van der Waals surface area (Å²) in [5.74, 6) is 0.834. The first-order valence-electron chi connectivity index (χ1n) is 9.08. The number of carbonyl (C=O) groups is 1. The van der Waals surface area contributed by atoms with E-state index in [1.165, 1.54) is 4.88 Å². The van der Waals surface area contributed by atoms with Crippen molar-refractivity contribution in [3.8, 4) is 6.07 Å². The molecule has 5 nitrogen and oxygen atoms in total. The molecule has 0 aromatic carbocycles. The molecule has 1 saturated carbocycles. The number of carbonyl (C=O) groups excluding carboxylic acids is 1. The van der Waals surface area contributed by atoms with Crippen LogP contribution in [0.4, 0.5) is 0 Å². The third-order valence-electron chi connectivity index (χ3n) is 5.18. The van der Waals surface area contributed by atoms with E-state index in [1.807, 2.05) is 23.6 Å². The summed E-state index contributed by atoms with van der Waals surface area (Å²) in [5, 5.41) is 11.8. The topological polar surface area (TPSA) is 60.5 Å². The maximum absolute atomic E-state index is 13.0. The number of likely N-dealkylation sites (N-methyl/N-ethyl adjacent to an activating group) is 1. The van der Waals surface area contributed by atoms with Crippen LogP contribution in [-0.2, 0) is 17.9 Å². The molecule has 0 unspecified atom stereocenters. The van der Waals surface area contributed by atoms with Crippen LogP contribution in [0.5, 0.6) is 0 Å². The van der Waals surface area contributed by atoms with Crippen LogP contribution in [0.1, 0.15) is 42.7 Å². The third-order valence-corrected chi connectivity index (χ3v) is 6.04. The number of thiophene rings is 1. The molecule has 2 aromatic rings. The van der Waals surface area contributed by atoms with Gasteiger partial charge in [0.05, 0.1) is 25.4 Å². The van der Waals surface area contributed by atoms with Crippen molar-refractivity contribution in [1.82, 2.24) is 9.80 Å². The monoisotopic (exact) mass is 371 g/mol. The van der Waals surface area contributed by atoms with Crippen molar-refractivity contribution in [2.75, 3.05) is 13.6 Å². The average molecular weight is 372 g/mol. The van der Waals surface area contributed by atoms with Gasteiger partial charge in [-0.3, -0.25) is 9.69 Å². The van der Waals surface area contributed by atoms with Gasteiger partial charge in [0, 0.05) is 18.5 Å². The van der Waals surface area contributed by atoms with Crippen molar-refractivity contribution < 1.29 is 9.21 Å². The van der Waals surface area contributed by atoms with Crippen LogP contribution in [0.3, 0.4) is 0 Å². The molecule has 3 rings (SSSR count). The minimum absolute atomic E-state index is 0.00318. The molecule has 0 radical (unpaired) electrons. The van der Waals surface area contributed by atoms with E-state index >= 15 is 0 Å². The molecule has 0 bridgehead atoms. The summed E-state index contributed by atoms with van der Waals surface area (Å²) in [6.45, 7) is 1.54. The van der Waals surface area contributed by atoms with Gasteiger partial charge in [0.25, 0.3) is 0 Å². The van der Waals surface area contributed by atoms with Crippen molar-refractivity contribution in [3.05, 3.63) is 46.5 Å². The number of furan rings is 1. The molecule has 0 atom stereocenters. The smallest absolute Gasteiger partial charge is 0.237 e. The number of amides is 1. The lowest BCUT2D eigenvalue weighted by atomic mass is 9.81. The van der Waals surface area contributed by atoms with E-state index in [2.05, 4.69) is 17.0 Å². The Morgan fingerprint density at radius 3 is 2.69 bits per heavy atom. The Morgan fingerprint density at radius 1 is 1.27 bits per heavy atom. The Morgan fingerprint density at radius 2 is 2.08 bits per heavy atom. The summed E-state index contributed by atoms with van der Waals surface area (Å²) in [7, 11) is 1.78. The lowest BCUT2D eigenvalue weighted by Gasteiger charge is -2.39. The highest BCUT2D eigenvalue weighted by molar-refractivity contribution is 7.09. The predicted octanol–water partition coefficient (Wildman–Crippen LogP) is 4.03. The Balaban J connectivity index is 1.70. The van der Waals surface area contributed by atoms with Gasteiger partial charge >= 0.3 is 0 Å². The molecule has 1 aliphatic rings. The molecule has 0 spiro atoms. The SMILES string of the molecule is CN(C(=O)CN(Cc1ccco1)Cc1cccs1)C1(C#N)CCCCC1. The zero-order valence-electron chi connectivity index (χ0n) is 15.2. The molecule has 1 amide bonds. The van der Waals surface area contributed by atoms with Crippen LogP contribution in [0.2, 0.25) is 0 Å². The molecule has 26 heavy (non-hydrogen) atoms. The summed E-state index contributed by atoms with van der Waals surface area (Å²) in [5.41, 5.74) is -0.644. The van der Waals surface area contributed by atoms with E-state index in [0.29, 0.717) is 13.1 Å². The standard InChI is InChI=1S/C20H25N3O2S/c1-22(20(16-21)9-3-2-4-10-20)19(24)15-23(13-17-7-5-11-25-17)14-18-8-6-12-26-18/h5-8,11-12H,2-4,9-10,13-15H2,1H3. The second kappa shape index (κ2) is 8.52. The van der Waals surface area contributed by atoms with E-state index in [-0.39, 0.29) is 12.5 Å². The van der Waals surface area contributed by atoms with Crippen LogP contribution in [-0.4, -0.2) is 34.8 Å². The van der Waals surface area contributed by atoms with Gasteiger partial charge in [0.15, 0.2) is 0 Å². The number of nitriles is 1. The zero-order valence-corrected chi connectivity index (χ0v) is 16.0. The minimum Gasteiger partial charge on any atom is -0.468 e. The second-order valence-corrected chi connectivity index (χ2v) is 7.99. The van der Waals surface area contributed by atoms with Crippen LogP contribution in [0.15, 0.2) is 40.3 Å². The third kappa shape index (κ3) is 4.35. The van der Waals surface area contributed by atoms with Gasteiger partial charge in [-0.1, -0.05) is 25.3 Å². The van der Waals surface area contributed by atoms with Crippen LogP contribution >= 0.6 is 11.3 Å². The normalized spacial score (nSPS) is 16.3. The first-order chi connectivity index (χ1) is 12.6. The van der Waals surface area contributed by atoms with Crippen molar-refractivity contribution in [1.29, 1.82) is 5.26 Å². The fraction of sp³-hybridized carbons (Fsp3) is 0.500. The molecule has 2 heterocycles. The van der Waals surface area contributed by atoms with Gasteiger partial charge in [-0.2, -0.15) is 5.26 Å². The lowest BCUT2D eigenvalue weighted by Crippen LogP contribution is -2.52. The van der Waals surface area contributed by atoms with Crippen LogP contribution in [0.25, 0.3) is 0 Å². The van der Waals surface area contributed by atoms with Gasteiger partial charge in [0.1, 0.15) is 11.3 Å². The lowest BCUT2D eigenvalue weighted by molar-refractivity contribution is -0.136. The summed E-state index contributed by atoms with van der Waals surface area (Å²) in [4.78, 5) is 18.0.